The molecule has 0 atom stereocenters. The first-order valence-electron chi connectivity index (χ1n) is 7.17. The summed E-state index contributed by atoms with van der Waals surface area (Å²) in [5.74, 6) is 0.447. The van der Waals surface area contributed by atoms with E-state index in [4.69, 9.17) is 0 Å². The largest absolute Gasteiger partial charge is 0.379 e. The van der Waals surface area contributed by atoms with Gasteiger partial charge < -0.3 is 15.5 Å². The first-order chi connectivity index (χ1) is 9.58. The fraction of sp³-hybridized carbons (Fsp3) is 0.571. The summed E-state index contributed by atoms with van der Waals surface area (Å²) in [5, 5.41) is 16.6. The van der Waals surface area contributed by atoms with Crippen LogP contribution >= 0.6 is 0 Å². The number of anilines is 2. The maximum Gasteiger partial charge on any atom is 0.292 e. The van der Waals surface area contributed by atoms with E-state index in [1.54, 1.807) is 6.07 Å². The van der Waals surface area contributed by atoms with E-state index in [-0.39, 0.29) is 10.6 Å². The quantitative estimate of drug-likeness (QED) is 0.624. The van der Waals surface area contributed by atoms with Crippen LogP contribution in [0.3, 0.4) is 0 Å². The second kappa shape index (κ2) is 6.56. The van der Waals surface area contributed by atoms with Gasteiger partial charge in [-0.3, -0.25) is 10.1 Å². The summed E-state index contributed by atoms with van der Waals surface area (Å²) < 4.78 is 0. The van der Waals surface area contributed by atoms with Crippen LogP contribution in [0.2, 0.25) is 0 Å². The monoisotopic (exact) mass is 279 g/mol. The van der Waals surface area contributed by atoms with Crippen molar-refractivity contribution in [3.8, 4) is 0 Å². The van der Waals surface area contributed by atoms with E-state index < -0.39 is 0 Å². The number of quaternary nitrogens is 1. The van der Waals surface area contributed by atoms with Gasteiger partial charge in [0.25, 0.3) is 5.69 Å². The second-order valence-corrected chi connectivity index (χ2v) is 5.59. The molecule has 0 unspecified atom stereocenters. The molecule has 0 spiro atoms. The van der Waals surface area contributed by atoms with Crippen LogP contribution in [0, 0.1) is 16.0 Å². The lowest BCUT2D eigenvalue weighted by Gasteiger charge is -2.27. The molecule has 0 saturated carbocycles. The molecule has 20 heavy (non-hydrogen) atoms. The summed E-state index contributed by atoms with van der Waals surface area (Å²) in [6.45, 7) is 9.03. The predicted octanol–water partition coefficient (Wildman–Crippen LogP) is 1.05. The average Bonchev–Trinajstić information content (AvgIpc) is 2.45. The van der Waals surface area contributed by atoms with E-state index in [9.17, 15) is 10.1 Å². The Morgan fingerprint density at radius 3 is 2.70 bits per heavy atom. The number of nitrogens with zero attached hydrogens (tertiary/aromatic N) is 2. The molecule has 6 heteroatoms. The van der Waals surface area contributed by atoms with Crippen LogP contribution in [-0.4, -0.2) is 37.6 Å². The molecule has 0 aromatic heterocycles. The first kappa shape index (κ1) is 14.6. The highest BCUT2D eigenvalue weighted by atomic mass is 16.6. The number of benzene rings is 1. The van der Waals surface area contributed by atoms with E-state index in [1.807, 2.05) is 12.1 Å². The van der Waals surface area contributed by atoms with E-state index in [2.05, 4.69) is 29.4 Å². The number of nitrogens with one attached hydrogen (secondary N) is 1. The smallest absolute Gasteiger partial charge is 0.292 e. The van der Waals surface area contributed by atoms with Crippen molar-refractivity contribution in [2.24, 2.45) is 5.92 Å². The van der Waals surface area contributed by atoms with Gasteiger partial charge in [0.2, 0.25) is 0 Å². The maximum atomic E-state index is 11.1. The van der Waals surface area contributed by atoms with Gasteiger partial charge in [0.15, 0.2) is 0 Å². The molecule has 2 rings (SSSR count). The Hall–Kier alpha value is -1.82. The number of nitro groups is 1. The van der Waals surface area contributed by atoms with Crippen LogP contribution in [-0.2, 0) is 0 Å². The number of piperazine rings is 1. The maximum absolute atomic E-state index is 11.1. The molecular formula is C14H23N4O2+. The molecule has 1 aliphatic rings. The molecule has 0 radical (unpaired) electrons. The zero-order valence-electron chi connectivity index (χ0n) is 12.1. The van der Waals surface area contributed by atoms with Gasteiger partial charge in [0.05, 0.1) is 31.1 Å². The zero-order chi connectivity index (χ0) is 14.5. The molecule has 1 saturated heterocycles. The molecule has 1 aromatic carbocycles. The van der Waals surface area contributed by atoms with Crippen molar-refractivity contribution >= 4 is 17.1 Å². The third-order valence-corrected chi connectivity index (χ3v) is 3.45. The minimum Gasteiger partial charge on any atom is -0.379 e. The molecule has 6 nitrogen and oxygen atoms in total. The zero-order valence-corrected chi connectivity index (χ0v) is 12.1. The summed E-state index contributed by atoms with van der Waals surface area (Å²) in [6.07, 6.45) is 0. The van der Waals surface area contributed by atoms with Crippen LogP contribution in [0.25, 0.3) is 0 Å². The Morgan fingerprint density at radius 2 is 2.10 bits per heavy atom. The highest BCUT2D eigenvalue weighted by Crippen LogP contribution is 2.29. The molecule has 3 N–H and O–H groups in total. The number of nitro benzene ring substituents is 1. The lowest BCUT2D eigenvalue weighted by atomic mass is 10.2. The van der Waals surface area contributed by atoms with Gasteiger partial charge in [-0.25, -0.2) is 0 Å². The van der Waals surface area contributed by atoms with Gasteiger partial charge in [-0.2, -0.15) is 0 Å². The minimum absolute atomic E-state index is 0.151. The highest BCUT2D eigenvalue weighted by Gasteiger charge is 2.18. The Morgan fingerprint density at radius 1 is 1.40 bits per heavy atom. The lowest BCUT2D eigenvalue weighted by molar-refractivity contribution is -0.655. The van der Waals surface area contributed by atoms with Crippen molar-refractivity contribution in [2.75, 3.05) is 42.9 Å². The minimum atomic E-state index is -0.323. The Bertz CT molecular complexity index is 470. The fourth-order valence-corrected chi connectivity index (χ4v) is 2.34. The molecular weight excluding hydrogens is 256 g/mol. The third kappa shape index (κ3) is 3.60. The molecule has 1 fully saturated rings. The van der Waals surface area contributed by atoms with Gasteiger partial charge in [0.1, 0.15) is 5.69 Å². The van der Waals surface area contributed by atoms with E-state index in [1.165, 1.54) is 0 Å². The summed E-state index contributed by atoms with van der Waals surface area (Å²) >= 11 is 0. The summed E-state index contributed by atoms with van der Waals surface area (Å²) in [6, 6.07) is 5.37. The Balaban J connectivity index is 2.22. The van der Waals surface area contributed by atoms with Crippen LogP contribution in [0.1, 0.15) is 13.8 Å². The molecule has 0 amide bonds. The normalized spacial score (nSPS) is 15.4. The van der Waals surface area contributed by atoms with Crippen LogP contribution in [0.15, 0.2) is 18.2 Å². The van der Waals surface area contributed by atoms with Crippen LogP contribution < -0.4 is 15.5 Å². The number of rotatable bonds is 5. The Labute approximate surface area is 119 Å². The van der Waals surface area contributed by atoms with Crippen LogP contribution in [0.4, 0.5) is 17.1 Å². The average molecular weight is 279 g/mol. The first-order valence-corrected chi connectivity index (χ1v) is 7.17. The summed E-state index contributed by atoms with van der Waals surface area (Å²) in [7, 11) is 0. The third-order valence-electron chi connectivity index (χ3n) is 3.45. The van der Waals surface area contributed by atoms with Gasteiger partial charge in [-0.15, -0.1) is 0 Å². The molecule has 1 heterocycles. The summed E-state index contributed by atoms with van der Waals surface area (Å²) in [5.41, 5.74) is 1.84. The fourth-order valence-electron chi connectivity index (χ4n) is 2.34. The SMILES string of the molecule is CC(C)CNc1cc(N2CC[NH2+]CC2)ccc1[N+](=O)[O-]. The summed E-state index contributed by atoms with van der Waals surface area (Å²) in [4.78, 5) is 13.1. The van der Waals surface area contributed by atoms with Gasteiger partial charge in [-0.05, 0) is 18.1 Å². The topological polar surface area (TPSA) is 75.0 Å². The molecule has 1 aromatic rings. The molecule has 1 aliphatic heterocycles. The highest BCUT2D eigenvalue weighted by molar-refractivity contribution is 5.69. The predicted molar refractivity (Wildman–Crippen MR) is 80.3 cm³/mol. The second-order valence-electron chi connectivity index (χ2n) is 5.59. The number of hydrogen-bond acceptors (Lipinski definition) is 4. The van der Waals surface area contributed by atoms with E-state index in [0.717, 1.165) is 38.4 Å². The van der Waals surface area contributed by atoms with Crippen molar-refractivity contribution in [2.45, 2.75) is 13.8 Å². The van der Waals surface area contributed by atoms with E-state index in [0.29, 0.717) is 11.6 Å². The van der Waals surface area contributed by atoms with Gasteiger partial charge >= 0.3 is 0 Å². The molecule has 0 aliphatic carbocycles. The Kier molecular flexibility index (Phi) is 4.79. The van der Waals surface area contributed by atoms with Crippen molar-refractivity contribution in [3.05, 3.63) is 28.3 Å². The van der Waals surface area contributed by atoms with Gasteiger partial charge in [-0.1, -0.05) is 13.8 Å². The van der Waals surface area contributed by atoms with Crippen molar-refractivity contribution in [1.82, 2.24) is 0 Å². The van der Waals surface area contributed by atoms with Crippen molar-refractivity contribution < 1.29 is 10.2 Å². The number of hydrogen-bond donors (Lipinski definition) is 2. The molecule has 0 bridgehead atoms. The van der Waals surface area contributed by atoms with Gasteiger partial charge in [0, 0.05) is 18.3 Å². The van der Waals surface area contributed by atoms with E-state index >= 15 is 0 Å². The lowest BCUT2D eigenvalue weighted by Crippen LogP contribution is -2.89. The standard InChI is InChI=1S/C14H22N4O2/c1-11(2)10-16-13-9-12(3-4-14(13)18(19)20)17-7-5-15-6-8-17/h3-4,9,11,15-16H,5-8,10H2,1-2H3/p+1. The van der Waals surface area contributed by atoms with Crippen molar-refractivity contribution in [1.29, 1.82) is 0 Å². The van der Waals surface area contributed by atoms with Crippen molar-refractivity contribution in [3.63, 3.8) is 0 Å². The van der Waals surface area contributed by atoms with Crippen LogP contribution in [0.5, 0.6) is 0 Å². The number of nitrogens with two attached hydrogens (primary N) is 1. The molecule has 110 valence electrons.